The third-order valence-electron chi connectivity index (χ3n) is 2.66. The van der Waals surface area contributed by atoms with Crippen LogP contribution in [0.5, 0.6) is 5.75 Å². The molecule has 0 aliphatic heterocycles. The summed E-state index contributed by atoms with van der Waals surface area (Å²) in [6, 6.07) is 3.54. The lowest BCUT2D eigenvalue weighted by Gasteiger charge is -2.15. The topological polar surface area (TPSA) is 46.2 Å². The molecule has 0 heterocycles. The second-order valence-electron chi connectivity index (χ2n) is 3.72. The molecule has 1 fully saturated rings. The molecular formula is C10H12BrNO. The number of phenols is 1. The fourth-order valence-corrected chi connectivity index (χ4v) is 2.02. The first kappa shape index (κ1) is 9.03. The number of rotatable bonds is 1. The molecule has 1 aromatic rings. The van der Waals surface area contributed by atoms with Crippen molar-refractivity contribution < 1.29 is 5.11 Å². The maximum absolute atomic E-state index is 9.69. The van der Waals surface area contributed by atoms with Crippen molar-refractivity contribution in [2.24, 2.45) is 5.73 Å². The third kappa shape index (κ3) is 1.36. The Morgan fingerprint density at radius 2 is 2.08 bits per heavy atom. The minimum Gasteiger partial charge on any atom is -0.508 e. The molecule has 1 aliphatic rings. The summed E-state index contributed by atoms with van der Waals surface area (Å²) < 4.78 is 1.01. The van der Waals surface area contributed by atoms with Gasteiger partial charge in [0.05, 0.1) is 0 Å². The Bertz CT molecular complexity index is 358. The molecule has 0 radical (unpaired) electrons. The number of aromatic hydroxyl groups is 1. The Labute approximate surface area is 85.9 Å². The van der Waals surface area contributed by atoms with Crippen molar-refractivity contribution >= 4 is 15.9 Å². The van der Waals surface area contributed by atoms with Crippen LogP contribution in [0.2, 0.25) is 0 Å². The van der Waals surface area contributed by atoms with Crippen LogP contribution < -0.4 is 5.73 Å². The third-order valence-corrected chi connectivity index (χ3v) is 3.52. The van der Waals surface area contributed by atoms with Gasteiger partial charge >= 0.3 is 0 Å². The average Bonchev–Trinajstić information content (AvgIpc) is 2.78. The second-order valence-corrected chi connectivity index (χ2v) is 4.58. The van der Waals surface area contributed by atoms with E-state index in [1.165, 1.54) is 0 Å². The van der Waals surface area contributed by atoms with Crippen molar-refractivity contribution in [1.82, 2.24) is 0 Å². The van der Waals surface area contributed by atoms with E-state index in [-0.39, 0.29) is 5.54 Å². The van der Waals surface area contributed by atoms with Gasteiger partial charge in [-0.2, -0.15) is 0 Å². The standard InChI is InChI=1S/C10H12BrNO/c1-6-7(11)2-3-8(13)9(6)10(12)4-5-10/h2-3,13H,4-5,12H2,1H3. The van der Waals surface area contributed by atoms with Crippen molar-refractivity contribution in [3.8, 4) is 5.75 Å². The van der Waals surface area contributed by atoms with Crippen LogP contribution in [0.25, 0.3) is 0 Å². The summed E-state index contributed by atoms with van der Waals surface area (Å²) in [5, 5.41) is 9.69. The van der Waals surface area contributed by atoms with Gasteiger partial charge in [0.1, 0.15) is 5.75 Å². The van der Waals surface area contributed by atoms with Gasteiger partial charge in [0, 0.05) is 15.6 Å². The first-order valence-corrected chi connectivity index (χ1v) is 5.11. The van der Waals surface area contributed by atoms with Crippen molar-refractivity contribution in [1.29, 1.82) is 0 Å². The van der Waals surface area contributed by atoms with Crippen molar-refractivity contribution in [3.63, 3.8) is 0 Å². The molecule has 0 unspecified atom stereocenters. The maximum Gasteiger partial charge on any atom is 0.120 e. The maximum atomic E-state index is 9.69. The molecule has 0 bridgehead atoms. The van der Waals surface area contributed by atoms with Crippen LogP contribution in [0.1, 0.15) is 24.0 Å². The molecule has 3 N–H and O–H groups in total. The van der Waals surface area contributed by atoms with E-state index in [2.05, 4.69) is 15.9 Å². The van der Waals surface area contributed by atoms with Gasteiger partial charge in [-0.3, -0.25) is 0 Å². The number of hydrogen-bond donors (Lipinski definition) is 2. The number of benzene rings is 1. The van der Waals surface area contributed by atoms with E-state index in [9.17, 15) is 5.11 Å². The predicted molar refractivity (Wildman–Crippen MR) is 55.6 cm³/mol. The highest BCUT2D eigenvalue weighted by atomic mass is 79.9. The van der Waals surface area contributed by atoms with Gasteiger partial charge < -0.3 is 10.8 Å². The lowest BCUT2D eigenvalue weighted by Crippen LogP contribution is -2.20. The minimum absolute atomic E-state index is 0.266. The molecule has 0 saturated heterocycles. The fraction of sp³-hybridized carbons (Fsp3) is 0.400. The van der Waals surface area contributed by atoms with Crippen molar-refractivity contribution in [2.45, 2.75) is 25.3 Å². The summed E-state index contributed by atoms with van der Waals surface area (Å²) in [6.07, 6.45) is 1.94. The van der Waals surface area contributed by atoms with Crippen LogP contribution in [-0.2, 0) is 5.54 Å². The zero-order valence-corrected chi connectivity index (χ0v) is 9.06. The van der Waals surface area contributed by atoms with E-state index in [0.29, 0.717) is 5.75 Å². The van der Waals surface area contributed by atoms with Crippen molar-refractivity contribution in [3.05, 3.63) is 27.7 Å². The van der Waals surface area contributed by atoms with Crippen molar-refractivity contribution in [2.75, 3.05) is 0 Å². The summed E-state index contributed by atoms with van der Waals surface area (Å²) in [7, 11) is 0. The Kier molecular flexibility index (Phi) is 1.89. The van der Waals surface area contributed by atoms with Gasteiger partial charge in [0.15, 0.2) is 0 Å². The zero-order chi connectivity index (χ0) is 9.64. The molecule has 2 nitrogen and oxygen atoms in total. The van der Waals surface area contributed by atoms with Crippen LogP contribution in [0.15, 0.2) is 16.6 Å². The summed E-state index contributed by atoms with van der Waals surface area (Å²) in [6.45, 7) is 1.98. The minimum atomic E-state index is -0.266. The van der Waals surface area contributed by atoms with Crippen LogP contribution in [-0.4, -0.2) is 5.11 Å². The normalized spacial score (nSPS) is 18.7. The lowest BCUT2D eigenvalue weighted by molar-refractivity contribution is 0.458. The number of hydrogen-bond acceptors (Lipinski definition) is 2. The molecule has 13 heavy (non-hydrogen) atoms. The summed E-state index contributed by atoms with van der Waals surface area (Å²) in [5.74, 6) is 0.320. The number of phenolic OH excluding ortho intramolecular Hbond substituents is 1. The van der Waals surface area contributed by atoms with Crippen LogP contribution in [0.4, 0.5) is 0 Å². The van der Waals surface area contributed by atoms with Gasteiger partial charge in [-0.1, -0.05) is 15.9 Å². The molecule has 3 heteroatoms. The predicted octanol–water partition coefficient (Wildman–Crippen LogP) is 2.41. The first-order valence-electron chi connectivity index (χ1n) is 4.32. The Morgan fingerprint density at radius 3 is 2.62 bits per heavy atom. The molecule has 0 aromatic heterocycles. The average molecular weight is 242 g/mol. The molecule has 1 aromatic carbocycles. The highest BCUT2D eigenvalue weighted by Gasteiger charge is 2.43. The van der Waals surface area contributed by atoms with E-state index < -0.39 is 0 Å². The number of halogens is 1. The lowest BCUT2D eigenvalue weighted by atomic mass is 9.99. The molecule has 0 spiro atoms. The van der Waals surface area contributed by atoms with Gasteiger partial charge in [0.25, 0.3) is 0 Å². The fourth-order valence-electron chi connectivity index (χ4n) is 1.69. The highest BCUT2D eigenvalue weighted by Crippen LogP contribution is 2.48. The highest BCUT2D eigenvalue weighted by molar-refractivity contribution is 9.10. The van der Waals surface area contributed by atoms with E-state index in [4.69, 9.17) is 5.73 Å². The van der Waals surface area contributed by atoms with Crippen LogP contribution >= 0.6 is 15.9 Å². The molecule has 1 saturated carbocycles. The van der Waals surface area contributed by atoms with Crippen LogP contribution in [0.3, 0.4) is 0 Å². The van der Waals surface area contributed by atoms with E-state index in [0.717, 1.165) is 28.4 Å². The Balaban J connectivity index is 2.61. The number of nitrogens with two attached hydrogens (primary N) is 1. The Hall–Kier alpha value is -0.540. The van der Waals surface area contributed by atoms with E-state index in [1.807, 2.05) is 13.0 Å². The van der Waals surface area contributed by atoms with Gasteiger partial charge in [-0.25, -0.2) is 0 Å². The quantitative estimate of drug-likeness (QED) is 0.794. The van der Waals surface area contributed by atoms with Crippen LogP contribution in [0, 0.1) is 6.92 Å². The van der Waals surface area contributed by atoms with E-state index in [1.54, 1.807) is 6.07 Å². The second kappa shape index (κ2) is 2.72. The van der Waals surface area contributed by atoms with E-state index >= 15 is 0 Å². The summed E-state index contributed by atoms with van der Waals surface area (Å²) in [5.41, 5.74) is 7.75. The molecule has 0 amide bonds. The van der Waals surface area contributed by atoms with Gasteiger partial charge in [0.2, 0.25) is 0 Å². The molecule has 70 valence electrons. The Morgan fingerprint density at radius 1 is 1.46 bits per heavy atom. The van der Waals surface area contributed by atoms with Gasteiger partial charge in [-0.15, -0.1) is 0 Å². The molecular weight excluding hydrogens is 230 g/mol. The zero-order valence-electron chi connectivity index (χ0n) is 7.47. The van der Waals surface area contributed by atoms with Gasteiger partial charge in [-0.05, 0) is 37.5 Å². The monoisotopic (exact) mass is 241 g/mol. The first-order chi connectivity index (χ1) is 6.04. The molecule has 1 aliphatic carbocycles. The summed E-state index contributed by atoms with van der Waals surface area (Å²) in [4.78, 5) is 0. The summed E-state index contributed by atoms with van der Waals surface area (Å²) >= 11 is 3.43. The largest absolute Gasteiger partial charge is 0.508 e. The molecule has 2 rings (SSSR count). The molecule has 0 atom stereocenters. The SMILES string of the molecule is Cc1c(Br)ccc(O)c1C1(N)CC1. The smallest absolute Gasteiger partial charge is 0.120 e.